The lowest BCUT2D eigenvalue weighted by atomic mass is 9.88. The second kappa shape index (κ2) is 4.93. The van der Waals surface area contributed by atoms with E-state index < -0.39 is 0 Å². The van der Waals surface area contributed by atoms with Crippen molar-refractivity contribution in [3.8, 4) is 0 Å². The third kappa shape index (κ3) is 2.37. The van der Waals surface area contributed by atoms with Gasteiger partial charge in [0.1, 0.15) is 0 Å². The third-order valence-corrected chi connectivity index (χ3v) is 4.53. The average molecular weight is 255 g/mol. The summed E-state index contributed by atoms with van der Waals surface area (Å²) in [5.74, 6) is 1.04. The maximum atomic E-state index is 10.6. The molecule has 1 N–H and O–H groups in total. The molecule has 19 heavy (non-hydrogen) atoms. The topological polar surface area (TPSA) is 33.1 Å². The highest BCUT2D eigenvalue weighted by molar-refractivity contribution is 5.79. The lowest BCUT2D eigenvalue weighted by Gasteiger charge is -2.22. The number of fused-ring (bicyclic) bond motifs is 1. The van der Waals surface area contributed by atoms with Gasteiger partial charge in [0, 0.05) is 11.1 Å². The summed E-state index contributed by atoms with van der Waals surface area (Å²) in [7, 11) is 0. The zero-order valence-electron chi connectivity index (χ0n) is 11.6. The third-order valence-electron chi connectivity index (χ3n) is 4.53. The first-order valence-electron chi connectivity index (χ1n) is 7.20. The molecule has 100 valence electrons. The molecular weight excluding hydrogens is 234 g/mol. The van der Waals surface area contributed by atoms with Gasteiger partial charge < -0.3 is 5.11 Å². The van der Waals surface area contributed by atoms with Gasteiger partial charge >= 0.3 is 0 Å². The Bertz CT molecular complexity index is 593. The van der Waals surface area contributed by atoms with Crippen molar-refractivity contribution in [1.82, 2.24) is 4.98 Å². The Kier molecular flexibility index (Phi) is 3.28. The minimum absolute atomic E-state index is 0.330. The van der Waals surface area contributed by atoms with Crippen LogP contribution in [-0.4, -0.2) is 10.1 Å². The molecule has 0 bridgehead atoms. The van der Waals surface area contributed by atoms with Gasteiger partial charge in [-0.25, -0.2) is 0 Å². The van der Waals surface area contributed by atoms with Crippen molar-refractivity contribution in [3.05, 3.63) is 41.6 Å². The van der Waals surface area contributed by atoms with Crippen molar-refractivity contribution in [2.75, 3.05) is 0 Å². The molecule has 1 aliphatic rings. The van der Waals surface area contributed by atoms with Crippen LogP contribution in [0.2, 0.25) is 0 Å². The average Bonchev–Trinajstić information content (AvgIpc) is 2.83. The van der Waals surface area contributed by atoms with Crippen molar-refractivity contribution in [3.63, 3.8) is 0 Å². The summed E-state index contributed by atoms with van der Waals surface area (Å²) in [6.45, 7) is 4.26. The van der Waals surface area contributed by atoms with Crippen LogP contribution in [-0.2, 0) is 0 Å². The molecule has 1 heterocycles. The van der Waals surface area contributed by atoms with Gasteiger partial charge in [0.05, 0.1) is 11.6 Å². The van der Waals surface area contributed by atoms with Gasteiger partial charge in [0.15, 0.2) is 0 Å². The standard InChI is InChI=1S/C17H21NO/c1-11-4-3-5-15(11)17(19)14-8-9-16-13(10-14)7-6-12(2)18-16/h6-11,15,17,19H,3-5H2,1-2H3. The zero-order chi connectivity index (χ0) is 13.4. The van der Waals surface area contributed by atoms with E-state index in [9.17, 15) is 5.11 Å². The molecule has 0 spiro atoms. The second-order valence-corrected chi connectivity index (χ2v) is 5.92. The lowest BCUT2D eigenvalue weighted by molar-refractivity contribution is 0.0902. The number of pyridine rings is 1. The molecule has 1 aliphatic carbocycles. The van der Waals surface area contributed by atoms with E-state index in [2.05, 4.69) is 24.0 Å². The van der Waals surface area contributed by atoms with E-state index in [-0.39, 0.29) is 6.10 Å². The van der Waals surface area contributed by atoms with Gasteiger partial charge in [0.2, 0.25) is 0 Å². The van der Waals surface area contributed by atoms with E-state index >= 15 is 0 Å². The predicted molar refractivity (Wildman–Crippen MR) is 77.9 cm³/mol. The van der Waals surface area contributed by atoms with Crippen LogP contribution in [0.15, 0.2) is 30.3 Å². The Morgan fingerprint density at radius 2 is 2.05 bits per heavy atom. The number of aliphatic hydroxyl groups excluding tert-OH is 1. The fourth-order valence-corrected chi connectivity index (χ4v) is 3.32. The van der Waals surface area contributed by atoms with Gasteiger partial charge in [-0.3, -0.25) is 4.98 Å². The smallest absolute Gasteiger partial charge is 0.0820 e. The summed E-state index contributed by atoms with van der Waals surface area (Å²) in [6, 6.07) is 10.3. The molecule has 1 saturated carbocycles. The minimum atomic E-state index is -0.330. The quantitative estimate of drug-likeness (QED) is 0.879. The number of aryl methyl sites for hydroxylation is 1. The van der Waals surface area contributed by atoms with Gasteiger partial charge in [0.25, 0.3) is 0 Å². The second-order valence-electron chi connectivity index (χ2n) is 5.92. The molecule has 1 fully saturated rings. The number of aromatic nitrogens is 1. The summed E-state index contributed by atoms with van der Waals surface area (Å²) >= 11 is 0. The summed E-state index contributed by atoms with van der Waals surface area (Å²) < 4.78 is 0. The molecule has 1 aromatic heterocycles. The highest BCUT2D eigenvalue weighted by Gasteiger charge is 2.30. The van der Waals surface area contributed by atoms with Crippen LogP contribution in [0.3, 0.4) is 0 Å². The summed E-state index contributed by atoms with van der Waals surface area (Å²) in [5.41, 5.74) is 3.08. The number of hydrogen-bond acceptors (Lipinski definition) is 2. The molecule has 2 nitrogen and oxygen atoms in total. The monoisotopic (exact) mass is 255 g/mol. The predicted octanol–water partition coefficient (Wildman–Crippen LogP) is 4.01. The molecule has 0 saturated heterocycles. The van der Waals surface area contributed by atoms with E-state index in [1.54, 1.807) is 0 Å². The van der Waals surface area contributed by atoms with Crippen molar-refractivity contribution < 1.29 is 5.11 Å². The largest absolute Gasteiger partial charge is 0.388 e. The highest BCUT2D eigenvalue weighted by Crippen LogP contribution is 2.40. The summed E-state index contributed by atoms with van der Waals surface area (Å²) in [5, 5.41) is 11.7. The van der Waals surface area contributed by atoms with Crippen LogP contribution >= 0.6 is 0 Å². The van der Waals surface area contributed by atoms with Crippen molar-refractivity contribution in [2.24, 2.45) is 11.8 Å². The Morgan fingerprint density at radius 1 is 1.21 bits per heavy atom. The number of benzene rings is 1. The minimum Gasteiger partial charge on any atom is -0.388 e. The van der Waals surface area contributed by atoms with Gasteiger partial charge in [-0.05, 0) is 48.9 Å². The van der Waals surface area contributed by atoms with E-state index in [0.29, 0.717) is 11.8 Å². The molecule has 0 aliphatic heterocycles. The Morgan fingerprint density at radius 3 is 2.79 bits per heavy atom. The van der Waals surface area contributed by atoms with Crippen molar-refractivity contribution >= 4 is 10.9 Å². The van der Waals surface area contributed by atoms with Crippen LogP contribution in [0.25, 0.3) is 10.9 Å². The molecule has 3 atom stereocenters. The molecule has 0 radical (unpaired) electrons. The molecule has 3 rings (SSSR count). The summed E-state index contributed by atoms with van der Waals surface area (Å²) in [4.78, 5) is 4.51. The maximum absolute atomic E-state index is 10.6. The molecule has 1 aromatic carbocycles. The molecule has 2 aromatic rings. The maximum Gasteiger partial charge on any atom is 0.0820 e. The van der Waals surface area contributed by atoms with Gasteiger partial charge in [-0.15, -0.1) is 0 Å². The Balaban J connectivity index is 1.94. The Hall–Kier alpha value is -1.41. The van der Waals surface area contributed by atoms with E-state index in [0.717, 1.165) is 28.6 Å². The number of hydrogen-bond donors (Lipinski definition) is 1. The van der Waals surface area contributed by atoms with Gasteiger partial charge in [-0.2, -0.15) is 0 Å². The molecule has 2 heteroatoms. The van der Waals surface area contributed by atoms with Crippen LogP contribution in [0, 0.1) is 18.8 Å². The highest BCUT2D eigenvalue weighted by atomic mass is 16.3. The summed E-state index contributed by atoms with van der Waals surface area (Å²) in [6.07, 6.45) is 3.31. The molecular formula is C17H21NO. The number of aliphatic hydroxyl groups is 1. The van der Waals surface area contributed by atoms with E-state index in [1.807, 2.05) is 25.1 Å². The van der Waals surface area contributed by atoms with Crippen LogP contribution in [0.1, 0.15) is 43.5 Å². The zero-order valence-corrected chi connectivity index (χ0v) is 11.6. The van der Waals surface area contributed by atoms with Crippen LogP contribution in [0.5, 0.6) is 0 Å². The van der Waals surface area contributed by atoms with E-state index in [4.69, 9.17) is 0 Å². The fraction of sp³-hybridized carbons (Fsp3) is 0.471. The first-order chi connectivity index (χ1) is 9.15. The first-order valence-corrected chi connectivity index (χ1v) is 7.20. The van der Waals surface area contributed by atoms with Crippen molar-refractivity contribution in [1.29, 1.82) is 0 Å². The van der Waals surface area contributed by atoms with Gasteiger partial charge in [-0.1, -0.05) is 31.9 Å². The number of rotatable bonds is 2. The fourth-order valence-electron chi connectivity index (χ4n) is 3.32. The van der Waals surface area contributed by atoms with Crippen LogP contribution in [0.4, 0.5) is 0 Å². The lowest BCUT2D eigenvalue weighted by Crippen LogP contribution is -2.15. The molecule has 0 amide bonds. The number of nitrogens with zero attached hydrogens (tertiary/aromatic N) is 1. The SMILES string of the molecule is Cc1ccc2cc(C(O)C3CCCC3C)ccc2n1. The molecule has 3 unspecified atom stereocenters. The van der Waals surface area contributed by atoms with Crippen molar-refractivity contribution in [2.45, 2.75) is 39.2 Å². The van der Waals surface area contributed by atoms with Crippen LogP contribution < -0.4 is 0 Å². The first kappa shape index (κ1) is 12.6. The Labute approximate surface area is 114 Å². The normalized spacial score (nSPS) is 24.8. The van der Waals surface area contributed by atoms with E-state index in [1.165, 1.54) is 12.8 Å².